The van der Waals surface area contributed by atoms with E-state index in [4.69, 9.17) is 4.42 Å². The smallest absolute Gasteiger partial charge is 0.247 e. The molecule has 17 heavy (non-hydrogen) atoms. The van der Waals surface area contributed by atoms with Gasteiger partial charge in [-0.3, -0.25) is 0 Å². The van der Waals surface area contributed by atoms with E-state index in [0.29, 0.717) is 18.3 Å². The molecule has 3 aromatic rings. The summed E-state index contributed by atoms with van der Waals surface area (Å²) in [6.45, 7) is 0.479. The highest BCUT2D eigenvalue weighted by atomic mass is 16.4. The number of hydrogen-bond acceptors (Lipinski definition) is 5. The van der Waals surface area contributed by atoms with E-state index >= 15 is 0 Å². The second kappa shape index (κ2) is 4.17. The summed E-state index contributed by atoms with van der Waals surface area (Å²) in [4.78, 5) is 0. The van der Waals surface area contributed by atoms with Gasteiger partial charge in [0.15, 0.2) is 0 Å². The summed E-state index contributed by atoms with van der Waals surface area (Å²) in [5.74, 6) is 1.05. The van der Waals surface area contributed by atoms with Gasteiger partial charge in [0.25, 0.3) is 0 Å². The zero-order valence-corrected chi connectivity index (χ0v) is 8.89. The fourth-order valence-electron chi connectivity index (χ4n) is 1.47. The summed E-state index contributed by atoms with van der Waals surface area (Å²) in [6.07, 6.45) is 3.21. The second-order valence-electron chi connectivity index (χ2n) is 3.50. The van der Waals surface area contributed by atoms with Crippen LogP contribution in [-0.4, -0.2) is 25.0 Å². The molecule has 0 saturated carbocycles. The highest BCUT2D eigenvalue weighted by Crippen LogP contribution is 2.16. The number of hydrogen-bond donors (Lipinski definition) is 0. The van der Waals surface area contributed by atoms with Crippen molar-refractivity contribution in [3.63, 3.8) is 0 Å². The molecule has 84 valence electrons. The topological polar surface area (TPSA) is 69.6 Å². The van der Waals surface area contributed by atoms with Crippen LogP contribution in [0.1, 0.15) is 5.89 Å². The van der Waals surface area contributed by atoms with Crippen molar-refractivity contribution in [1.82, 2.24) is 25.0 Å². The lowest BCUT2D eigenvalue weighted by atomic mass is 10.2. The fraction of sp³-hybridized carbons (Fsp3) is 0.0909. The summed E-state index contributed by atoms with van der Waals surface area (Å²) >= 11 is 0. The molecule has 0 spiro atoms. The molecule has 0 aliphatic heterocycles. The molecule has 0 atom stereocenters. The average molecular weight is 227 g/mol. The Hall–Kier alpha value is -2.50. The molecule has 0 radical (unpaired) electrons. The number of nitrogens with zero attached hydrogens (tertiary/aromatic N) is 5. The molecule has 1 aromatic carbocycles. The van der Waals surface area contributed by atoms with Crippen molar-refractivity contribution in [2.45, 2.75) is 6.54 Å². The molecule has 0 aliphatic carbocycles. The highest BCUT2D eigenvalue weighted by Gasteiger charge is 2.08. The van der Waals surface area contributed by atoms with Gasteiger partial charge in [-0.15, -0.1) is 20.4 Å². The van der Waals surface area contributed by atoms with Crippen LogP contribution in [0.5, 0.6) is 0 Å². The van der Waals surface area contributed by atoms with E-state index < -0.39 is 0 Å². The lowest BCUT2D eigenvalue weighted by Crippen LogP contribution is -1.96. The van der Waals surface area contributed by atoms with Crippen LogP contribution in [-0.2, 0) is 6.54 Å². The third-order valence-corrected chi connectivity index (χ3v) is 2.27. The molecule has 0 aliphatic rings. The Morgan fingerprint density at radius 1 is 1.00 bits per heavy atom. The first-order valence-electron chi connectivity index (χ1n) is 5.12. The van der Waals surface area contributed by atoms with Crippen LogP contribution in [0.25, 0.3) is 11.5 Å². The molecular formula is C11H9N5O. The molecule has 0 bridgehead atoms. The van der Waals surface area contributed by atoms with E-state index in [0.717, 1.165) is 5.56 Å². The van der Waals surface area contributed by atoms with Crippen LogP contribution in [0.2, 0.25) is 0 Å². The van der Waals surface area contributed by atoms with Crippen molar-refractivity contribution in [3.05, 3.63) is 48.9 Å². The fourth-order valence-corrected chi connectivity index (χ4v) is 1.47. The van der Waals surface area contributed by atoms with Gasteiger partial charge in [0.1, 0.15) is 19.2 Å². The van der Waals surface area contributed by atoms with E-state index in [2.05, 4.69) is 20.4 Å². The Morgan fingerprint density at radius 2 is 1.76 bits per heavy atom. The molecule has 2 aromatic heterocycles. The Labute approximate surface area is 96.9 Å². The maximum atomic E-state index is 5.54. The minimum absolute atomic E-state index is 0.479. The average Bonchev–Trinajstić information content (AvgIpc) is 3.02. The maximum Gasteiger partial charge on any atom is 0.247 e. The van der Waals surface area contributed by atoms with Crippen LogP contribution in [0.3, 0.4) is 0 Å². The van der Waals surface area contributed by atoms with Gasteiger partial charge in [0.05, 0.1) is 0 Å². The molecule has 2 heterocycles. The SMILES string of the molecule is c1ccc(-c2nnc(Cn3cnnc3)o2)cc1. The van der Waals surface area contributed by atoms with Crippen LogP contribution in [0.15, 0.2) is 47.4 Å². The lowest BCUT2D eigenvalue weighted by molar-refractivity contribution is 0.488. The zero-order valence-electron chi connectivity index (χ0n) is 8.89. The predicted octanol–water partition coefficient (Wildman–Crippen LogP) is 1.38. The highest BCUT2D eigenvalue weighted by molar-refractivity contribution is 5.51. The van der Waals surface area contributed by atoms with E-state index in [1.165, 1.54) is 0 Å². The molecule has 0 saturated heterocycles. The molecular weight excluding hydrogens is 218 g/mol. The van der Waals surface area contributed by atoms with Gasteiger partial charge in [0.2, 0.25) is 11.8 Å². The maximum absolute atomic E-state index is 5.54. The third-order valence-electron chi connectivity index (χ3n) is 2.27. The second-order valence-corrected chi connectivity index (χ2v) is 3.50. The van der Waals surface area contributed by atoms with Crippen molar-refractivity contribution >= 4 is 0 Å². The van der Waals surface area contributed by atoms with Crippen molar-refractivity contribution < 1.29 is 4.42 Å². The summed E-state index contributed by atoms with van der Waals surface area (Å²) in [7, 11) is 0. The van der Waals surface area contributed by atoms with E-state index in [-0.39, 0.29) is 0 Å². The van der Waals surface area contributed by atoms with Crippen LogP contribution in [0, 0.1) is 0 Å². The van der Waals surface area contributed by atoms with Crippen LogP contribution < -0.4 is 0 Å². The normalized spacial score (nSPS) is 10.6. The molecule has 6 nitrogen and oxygen atoms in total. The summed E-state index contributed by atoms with van der Waals surface area (Å²) in [6, 6.07) is 9.65. The van der Waals surface area contributed by atoms with Gasteiger partial charge < -0.3 is 8.98 Å². The third kappa shape index (κ3) is 2.05. The standard InChI is InChI=1S/C11H9N5O/c1-2-4-9(5-3-1)11-15-14-10(17-11)6-16-7-12-13-8-16/h1-5,7-8H,6H2. The molecule has 0 fully saturated rings. The lowest BCUT2D eigenvalue weighted by Gasteiger charge is -1.94. The van der Waals surface area contributed by atoms with E-state index in [9.17, 15) is 0 Å². The van der Waals surface area contributed by atoms with Gasteiger partial charge in [-0.05, 0) is 12.1 Å². The number of benzene rings is 1. The Kier molecular flexibility index (Phi) is 2.38. The first kappa shape index (κ1) is 9.71. The van der Waals surface area contributed by atoms with Gasteiger partial charge in [-0.25, -0.2) is 0 Å². The summed E-state index contributed by atoms with van der Waals surface area (Å²) in [5.41, 5.74) is 0.912. The number of aromatic nitrogens is 5. The minimum atomic E-state index is 0.479. The molecule has 0 unspecified atom stereocenters. The van der Waals surface area contributed by atoms with Crippen LogP contribution in [0.4, 0.5) is 0 Å². The van der Waals surface area contributed by atoms with Crippen molar-refractivity contribution in [2.75, 3.05) is 0 Å². The predicted molar refractivity (Wildman–Crippen MR) is 58.9 cm³/mol. The minimum Gasteiger partial charge on any atom is -0.419 e. The Bertz CT molecular complexity index is 587. The van der Waals surface area contributed by atoms with Crippen molar-refractivity contribution in [3.8, 4) is 11.5 Å². The van der Waals surface area contributed by atoms with Crippen molar-refractivity contribution in [2.24, 2.45) is 0 Å². The molecule has 3 rings (SSSR count). The zero-order chi connectivity index (χ0) is 11.5. The number of rotatable bonds is 3. The van der Waals surface area contributed by atoms with Crippen molar-refractivity contribution in [1.29, 1.82) is 0 Å². The Morgan fingerprint density at radius 3 is 2.53 bits per heavy atom. The summed E-state index contributed by atoms with van der Waals surface area (Å²) < 4.78 is 7.31. The largest absolute Gasteiger partial charge is 0.419 e. The van der Waals surface area contributed by atoms with E-state index in [1.54, 1.807) is 17.2 Å². The first-order chi connectivity index (χ1) is 8.42. The van der Waals surface area contributed by atoms with Crippen LogP contribution >= 0.6 is 0 Å². The first-order valence-corrected chi connectivity index (χ1v) is 5.12. The summed E-state index contributed by atoms with van der Waals surface area (Å²) in [5, 5.41) is 15.4. The quantitative estimate of drug-likeness (QED) is 0.676. The Balaban J connectivity index is 1.84. The van der Waals surface area contributed by atoms with Gasteiger partial charge in [-0.2, -0.15) is 0 Å². The van der Waals surface area contributed by atoms with Gasteiger partial charge in [0, 0.05) is 5.56 Å². The van der Waals surface area contributed by atoms with E-state index in [1.807, 2.05) is 30.3 Å². The van der Waals surface area contributed by atoms with Gasteiger partial charge >= 0.3 is 0 Å². The molecule has 0 amide bonds. The molecule has 6 heteroatoms. The monoisotopic (exact) mass is 227 g/mol. The van der Waals surface area contributed by atoms with Gasteiger partial charge in [-0.1, -0.05) is 18.2 Å². The molecule has 0 N–H and O–H groups in total.